The van der Waals surface area contributed by atoms with Crippen molar-refractivity contribution in [3.05, 3.63) is 63.5 Å². The zero-order valence-electron chi connectivity index (χ0n) is 16.3. The lowest BCUT2D eigenvalue weighted by Gasteiger charge is -2.18. The second-order valence-corrected chi connectivity index (χ2v) is 8.15. The smallest absolute Gasteiger partial charge is 0.275 e. The molecule has 2 heterocycles. The molecule has 3 aromatic rings. The predicted octanol–water partition coefficient (Wildman–Crippen LogP) is 2.05. The van der Waals surface area contributed by atoms with Crippen molar-refractivity contribution in [2.75, 3.05) is 11.4 Å². The summed E-state index contributed by atoms with van der Waals surface area (Å²) in [6.07, 6.45) is 5.71. The Morgan fingerprint density at radius 2 is 1.97 bits per heavy atom. The summed E-state index contributed by atoms with van der Waals surface area (Å²) in [6, 6.07) is 6.58. The van der Waals surface area contributed by atoms with Gasteiger partial charge in [0.15, 0.2) is 10.8 Å². The van der Waals surface area contributed by atoms with E-state index in [1.165, 1.54) is 21.1 Å². The summed E-state index contributed by atoms with van der Waals surface area (Å²) in [7, 11) is 0. The van der Waals surface area contributed by atoms with Crippen LogP contribution in [0, 0.1) is 0 Å². The molecule has 30 heavy (non-hydrogen) atoms. The van der Waals surface area contributed by atoms with E-state index in [-0.39, 0.29) is 30.1 Å². The predicted molar refractivity (Wildman–Crippen MR) is 116 cm³/mol. The number of hydrogen-bond acceptors (Lipinski definition) is 6. The van der Waals surface area contributed by atoms with Crippen LogP contribution in [0.1, 0.15) is 33.9 Å². The molecule has 0 saturated carbocycles. The Morgan fingerprint density at radius 1 is 1.23 bits per heavy atom. The minimum atomic E-state index is -0.761. The lowest BCUT2D eigenvalue weighted by atomic mass is 10.0. The van der Waals surface area contributed by atoms with E-state index in [0.717, 1.165) is 36.1 Å². The Bertz CT molecular complexity index is 1190. The molecule has 2 N–H and O–H groups in total. The van der Waals surface area contributed by atoms with Crippen molar-refractivity contribution in [2.45, 2.75) is 32.2 Å². The Labute approximate surface area is 176 Å². The third-order valence-corrected chi connectivity index (χ3v) is 6.24. The Kier molecular flexibility index (Phi) is 5.45. The lowest BCUT2D eigenvalue weighted by Crippen LogP contribution is -2.38. The van der Waals surface area contributed by atoms with Gasteiger partial charge in [0.2, 0.25) is 0 Å². The quantitative estimate of drug-likeness (QED) is 0.610. The molecule has 2 aromatic heterocycles. The standard InChI is InChI=1S/C21H21N5O3S/c1-2-11-25(21-23-15-9-5-6-10-16(15)30-21)17(27)12-26-20(29)14-8-4-3-7-13(14)18(24-26)19(22)28/h2-4,7-8H,1,5-6,9-12H2,(H2,22,28). The van der Waals surface area contributed by atoms with Gasteiger partial charge in [-0.2, -0.15) is 5.10 Å². The van der Waals surface area contributed by atoms with Crippen LogP contribution in [0.25, 0.3) is 10.8 Å². The lowest BCUT2D eigenvalue weighted by molar-refractivity contribution is -0.119. The van der Waals surface area contributed by atoms with Crippen LogP contribution in [-0.2, 0) is 24.2 Å². The van der Waals surface area contributed by atoms with Crippen molar-refractivity contribution in [3.63, 3.8) is 0 Å². The zero-order valence-corrected chi connectivity index (χ0v) is 17.2. The third kappa shape index (κ3) is 3.63. The van der Waals surface area contributed by atoms with Crippen LogP contribution < -0.4 is 16.2 Å². The molecule has 0 saturated heterocycles. The van der Waals surface area contributed by atoms with Crippen LogP contribution in [0.15, 0.2) is 41.7 Å². The zero-order chi connectivity index (χ0) is 21.3. The van der Waals surface area contributed by atoms with E-state index >= 15 is 0 Å². The second kappa shape index (κ2) is 8.19. The number of aryl methyl sites for hydroxylation is 2. The van der Waals surface area contributed by atoms with Crippen LogP contribution in [0.5, 0.6) is 0 Å². The van der Waals surface area contributed by atoms with Crippen LogP contribution >= 0.6 is 11.3 Å². The first-order valence-electron chi connectivity index (χ1n) is 9.69. The number of nitrogens with two attached hydrogens (primary N) is 1. The number of hydrogen-bond donors (Lipinski definition) is 1. The molecule has 0 aliphatic heterocycles. The van der Waals surface area contributed by atoms with Gasteiger partial charge in [0.25, 0.3) is 17.4 Å². The van der Waals surface area contributed by atoms with E-state index < -0.39 is 11.5 Å². The number of carbonyl (C=O) groups is 2. The minimum absolute atomic E-state index is 0.0435. The number of aromatic nitrogens is 3. The van der Waals surface area contributed by atoms with Gasteiger partial charge in [-0.1, -0.05) is 24.3 Å². The van der Waals surface area contributed by atoms with Crippen molar-refractivity contribution in [2.24, 2.45) is 5.73 Å². The fourth-order valence-corrected chi connectivity index (χ4v) is 4.78. The van der Waals surface area contributed by atoms with Crippen LogP contribution in [0.4, 0.5) is 5.13 Å². The molecule has 8 nitrogen and oxygen atoms in total. The molecule has 9 heteroatoms. The number of amides is 2. The molecule has 1 aromatic carbocycles. The number of carbonyl (C=O) groups excluding carboxylic acids is 2. The number of anilines is 1. The average molecular weight is 423 g/mol. The largest absolute Gasteiger partial charge is 0.364 e. The molecule has 4 rings (SSSR count). The van der Waals surface area contributed by atoms with Gasteiger partial charge in [0.05, 0.1) is 11.1 Å². The molecule has 2 amide bonds. The summed E-state index contributed by atoms with van der Waals surface area (Å²) in [4.78, 5) is 45.2. The van der Waals surface area contributed by atoms with E-state index in [0.29, 0.717) is 10.5 Å². The van der Waals surface area contributed by atoms with E-state index in [4.69, 9.17) is 5.73 Å². The fraction of sp³-hybridized carbons (Fsp3) is 0.286. The normalized spacial score (nSPS) is 13.1. The number of rotatable bonds is 6. The van der Waals surface area contributed by atoms with Crippen molar-refractivity contribution >= 4 is 39.1 Å². The molecule has 0 atom stereocenters. The van der Waals surface area contributed by atoms with E-state index in [2.05, 4.69) is 16.7 Å². The summed E-state index contributed by atoms with van der Waals surface area (Å²) < 4.78 is 0.994. The maximum Gasteiger partial charge on any atom is 0.275 e. The molecule has 0 fully saturated rings. The highest BCUT2D eigenvalue weighted by Crippen LogP contribution is 2.32. The molecular weight excluding hydrogens is 402 g/mol. The van der Waals surface area contributed by atoms with Gasteiger partial charge in [-0.05, 0) is 31.7 Å². The maximum atomic E-state index is 13.1. The van der Waals surface area contributed by atoms with Crippen molar-refractivity contribution in [1.29, 1.82) is 0 Å². The first-order valence-corrected chi connectivity index (χ1v) is 10.5. The highest BCUT2D eigenvalue weighted by atomic mass is 32.1. The third-order valence-electron chi connectivity index (χ3n) is 5.06. The summed E-state index contributed by atoms with van der Waals surface area (Å²) >= 11 is 1.50. The summed E-state index contributed by atoms with van der Waals surface area (Å²) in [6.45, 7) is 3.66. The van der Waals surface area contributed by atoms with Crippen LogP contribution in [0.3, 0.4) is 0 Å². The number of fused-ring (bicyclic) bond motifs is 2. The van der Waals surface area contributed by atoms with Gasteiger partial charge >= 0.3 is 0 Å². The van der Waals surface area contributed by atoms with Crippen molar-refractivity contribution in [1.82, 2.24) is 14.8 Å². The van der Waals surface area contributed by atoms with Gasteiger partial charge < -0.3 is 5.73 Å². The fourth-order valence-electron chi connectivity index (χ4n) is 3.61. The van der Waals surface area contributed by atoms with Gasteiger partial charge in [-0.3, -0.25) is 19.3 Å². The molecule has 154 valence electrons. The van der Waals surface area contributed by atoms with E-state index in [9.17, 15) is 14.4 Å². The number of nitrogens with zero attached hydrogens (tertiary/aromatic N) is 4. The van der Waals surface area contributed by atoms with Gasteiger partial charge in [0, 0.05) is 16.8 Å². The molecule has 0 radical (unpaired) electrons. The van der Waals surface area contributed by atoms with Crippen LogP contribution in [0.2, 0.25) is 0 Å². The molecule has 0 unspecified atom stereocenters. The first kappa shape index (κ1) is 20.0. The van der Waals surface area contributed by atoms with Gasteiger partial charge in [-0.15, -0.1) is 17.9 Å². The summed E-state index contributed by atoms with van der Waals surface area (Å²) in [5.74, 6) is -1.12. The highest BCUT2D eigenvalue weighted by Gasteiger charge is 2.24. The SMILES string of the molecule is C=CCN(C(=O)Cn1nc(C(N)=O)c2ccccc2c1=O)c1nc2c(s1)CCCC2. The number of thiazole rings is 1. The minimum Gasteiger partial charge on any atom is -0.364 e. The van der Waals surface area contributed by atoms with Gasteiger partial charge in [-0.25, -0.2) is 9.67 Å². The number of primary amides is 1. The Balaban J connectivity index is 1.71. The Hall–Kier alpha value is -3.33. The topological polar surface area (TPSA) is 111 Å². The highest BCUT2D eigenvalue weighted by molar-refractivity contribution is 7.16. The Morgan fingerprint density at radius 3 is 2.67 bits per heavy atom. The van der Waals surface area contributed by atoms with E-state index in [1.54, 1.807) is 30.3 Å². The van der Waals surface area contributed by atoms with E-state index in [1.807, 2.05) is 0 Å². The summed E-state index contributed by atoms with van der Waals surface area (Å²) in [5.41, 5.74) is 5.99. The molecule has 0 spiro atoms. The van der Waals surface area contributed by atoms with Crippen molar-refractivity contribution < 1.29 is 9.59 Å². The van der Waals surface area contributed by atoms with Crippen LogP contribution in [-0.4, -0.2) is 33.1 Å². The maximum absolute atomic E-state index is 13.1. The number of benzene rings is 1. The molecular formula is C21H21N5O3S. The second-order valence-electron chi connectivity index (χ2n) is 7.09. The average Bonchev–Trinajstić information content (AvgIpc) is 3.17. The summed E-state index contributed by atoms with van der Waals surface area (Å²) in [5, 5.41) is 5.33. The first-order chi connectivity index (χ1) is 14.5. The molecule has 1 aliphatic carbocycles. The molecule has 1 aliphatic rings. The van der Waals surface area contributed by atoms with Gasteiger partial charge in [0.1, 0.15) is 6.54 Å². The monoisotopic (exact) mass is 423 g/mol. The molecule has 0 bridgehead atoms. The van der Waals surface area contributed by atoms with Crippen molar-refractivity contribution in [3.8, 4) is 0 Å².